The molecule has 3 rings (SSSR count). The zero-order chi connectivity index (χ0) is 16.1. The van der Waals surface area contributed by atoms with E-state index in [1.165, 1.54) is 11.1 Å². The molecule has 2 aliphatic heterocycles. The zero-order valence-electron chi connectivity index (χ0n) is 13.2. The number of morpholine rings is 1. The summed E-state index contributed by atoms with van der Waals surface area (Å²) in [6, 6.07) is 7.94. The fourth-order valence-corrected chi connectivity index (χ4v) is 3.03. The third-order valence-corrected chi connectivity index (χ3v) is 4.40. The van der Waals surface area contributed by atoms with Crippen LogP contribution in [0.1, 0.15) is 17.5 Å². The Hall–Kier alpha value is -1.92. The molecule has 1 unspecified atom stereocenters. The van der Waals surface area contributed by atoms with Crippen molar-refractivity contribution in [3.63, 3.8) is 0 Å². The van der Waals surface area contributed by atoms with Gasteiger partial charge in [0.1, 0.15) is 0 Å². The molecule has 23 heavy (non-hydrogen) atoms. The first kappa shape index (κ1) is 16.0. The van der Waals surface area contributed by atoms with Gasteiger partial charge in [-0.2, -0.15) is 0 Å². The van der Waals surface area contributed by atoms with Gasteiger partial charge in [-0.05, 0) is 17.5 Å². The van der Waals surface area contributed by atoms with Crippen molar-refractivity contribution in [1.29, 1.82) is 0 Å². The van der Waals surface area contributed by atoms with Gasteiger partial charge in [0.15, 0.2) is 0 Å². The zero-order valence-corrected chi connectivity index (χ0v) is 13.2. The maximum atomic E-state index is 12.2. The number of hydrogen-bond acceptors (Lipinski definition) is 4. The van der Waals surface area contributed by atoms with E-state index >= 15 is 0 Å². The molecule has 6 nitrogen and oxygen atoms in total. The van der Waals surface area contributed by atoms with Crippen molar-refractivity contribution in [3.8, 4) is 0 Å². The van der Waals surface area contributed by atoms with Crippen molar-refractivity contribution in [2.45, 2.75) is 25.4 Å². The fourth-order valence-electron chi connectivity index (χ4n) is 3.03. The van der Waals surface area contributed by atoms with E-state index in [2.05, 4.69) is 22.8 Å². The number of ether oxygens (including phenoxy) is 1. The summed E-state index contributed by atoms with van der Waals surface area (Å²) in [6.07, 6.45) is 1.04. The van der Waals surface area contributed by atoms with E-state index in [0.29, 0.717) is 52.2 Å². The maximum Gasteiger partial charge on any atom is 0.237 e. The topological polar surface area (TPSA) is 70.7 Å². The van der Waals surface area contributed by atoms with E-state index in [9.17, 15) is 9.59 Å². The highest BCUT2D eigenvalue weighted by molar-refractivity contribution is 5.83. The minimum atomic E-state index is -0.219. The number of nitrogens with one attached hydrogen (secondary N) is 2. The minimum Gasteiger partial charge on any atom is -0.378 e. The van der Waals surface area contributed by atoms with Crippen LogP contribution in [-0.2, 0) is 27.3 Å². The van der Waals surface area contributed by atoms with E-state index in [1.807, 2.05) is 12.1 Å². The van der Waals surface area contributed by atoms with Crippen LogP contribution in [0.25, 0.3) is 0 Å². The van der Waals surface area contributed by atoms with Crippen LogP contribution in [-0.4, -0.2) is 55.6 Å². The quantitative estimate of drug-likeness (QED) is 0.824. The minimum absolute atomic E-state index is 0.0331. The Morgan fingerprint density at radius 3 is 2.74 bits per heavy atom. The molecule has 6 heteroatoms. The first-order chi connectivity index (χ1) is 11.2. The molecule has 2 aliphatic rings. The first-order valence-electron chi connectivity index (χ1n) is 8.17. The summed E-state index contributed by atoms with van der Waals surface area (Å²) < 4.78 is 5.23. The Kier molecular flexibility index (Phi) is 5.25. The smallest absolute Gasteiger partial charge is 0.237 e. The molecule has 0 aromatic heterocycles. The fraction of sp³-hybridized carbons (Fsp3) is 0.529. The second-order valence-electron chi connectivity index (χ2n) is 5.94. The molecule has 0 saturated carbocycles. The Morgan fingerprint density at radius 1 is 1.22 bits per heavy atom. The van der Waals surface area contributed by atoms with Crippen molar-refractivity contribution in [2.24, 2.45) is 0 Å². The van der Waals surface area contributed by atoms with Gasteiger partial charge < -0.3 is 20.3 Å². The molecule has 0 radical (unpaired) electrons. The second-order valence-corrected chi connectivity index (χ2v) is 5.94. The predicted molar refractivity (Wildman–Crippen MR) is 85.8 cm³/mol. The Bertz CT molecular complexity index is 570. The summed E-state index contributed by atoms with van der Waals surface area (Å²) in [5.41, 5.74) is 2.47. The van der Waals surface area contributed by atoms with Gasteiger partial charge in [0, 0.05) is 32.6 Å². The molecule has 1 atom stereocenters. The molecule has 2 heterocycles. The average Bonchev–Trinajstić information content (AvgIpc) is 2.61. The largest absolute Gasteiger partial charge is 0.378 e. The van der Waals surface area contributed by atoms with Gasteiger partial charge >= 0.3 is 0 Å². The molecule has 1 aromatic carbocycles. The molecular formula is C17H23N3O3. The third-order valence-electron chi connectivity index (χ3n) is 4.40. The molecule has 1 aromatic rings. The second kappa shape index (κ2) is 7.57. The molecule has 2 N–H and O–H groups in total. The normalized spacial score (nSPS) is 20.7. The number of hydrogen-bond donors (Lipinski definition) is 2. The molecule has 1 fully saturated rings. The van der Waals surface area contributed by atoms with Gasteiger partial charge in [0.2, 0.25) is 11.8 Å². The van der Waals surface area contributed by atoms with Gasteiger partial charge in [-0.3, -0.25) is 9.59 Å². The summed E-state index contributed by atoms with van der Waals surface area (Å²) in [5.74, 6) is 0.0461. The molecule has 1 saturated heterocycles. The van der Waals surface area contributed by atoms with Crippen LogP contribution >= 0.6 is 0 Å². The van der Waals surface area contributed by atoms with Crippen LogP contribution in [0.2, 0.25) is 0 Å². The number of rotatable bonds is 4. The Labute approximate surface area is 136 Å². The Morgan fingerprint density at radius 2 is 1.96 bits per heavy atom. The van der Waals surface area contributed by atoms with Crippen LogP contribution in [0.5, 0.6) is 0 Å². The van der Waals surface area contributed by atoms with Crippen LogP contribution in [0.3, 0.4) is 0 Å². The van der Waals surface area contributed by atoms with E-state index in [-0.39, 0.29) is 17.9 Å². The number of fused-ring (bicyclic) bond motifs is 1. The van der Waals surface area contributed by atoms with E-state index in [1.54, 1.807) is 4.90 Å². The molecule has 2 amide bonds. The standard InChI is InChI=1S/C17H23N3O3/c21-16(20-7-9-23-10-8-20)5-6-18-17(22)15-11-13-3-1-2-4-14(13)12-19-15/h1-4,15,19H,5-12H2,(H,18,22). The molecule has 0 bridgehead atoms. The summed E-state index contributed by atoms with van der Waals surface area (Å²) in [7, 11) is 0. The van der Waals surface area contributed by atoms with E-state index in [4.69, 9.17) is 4.74 Å². The van der Waals surface area contributed by atoms with Gasteiger partial charge in [-0.1, -0.05) is 24.3 Å². The summed E-state index contributed by atoms with van der Waals surface area (Å²) >= 11 is 0. The SMILES string of the molecule is O=C(NCCC(=O)N1CCOCC1)C1Cc2ccccc2CN1. The van der Waals surface area contributed by atoms with Crippen LogP contribution in [0.4, 0.5) is 0 Å². The molecular weight excluding hydrogens is 294 g/mol. The van der Waals surface area contributed by atoms with E-state index < -0.39 is 0 Å². The van der Waals surface area contributed by atoms with Crippen molar-refractivity contribution >= 4 is 11.8 Å². The highest BCUT2D eigenvalue weighted by atomic mass is 16.5. The van der Waals surface area contributed by atoms with E-state index in [0.717, 1.165) is 0 Å². The lowest BCUT2D eigenvalue weighted by Crippen LogP contribution is -2.48. The van der Waals surface area contributed by atoms with Crippen molar-refractivity contribution in [2.75, 3.05) is 32.8 Å². The lowest BCUT2D eigenvalue weighted by Gasteiger charge is -2.27. The monoisotopic (exact) mass is 317 g/mol. The number of carbonyl (C=O) groups is 2. The van der Waals surface area contributed by atoms with Gasteiger partial charge in [0.05, 0.1) is 19.3 Å². The third kappa shape index (κ3) is 4.09. The molecule has 124 valence electrons. The van der Waals surface area contributed by atoms with Crippen molar-refractivity contribution in [1.82, 2.24) is 15.5 Å². The summed E-state index contributed by atoms with van der Waals surface area (Å²) in [4.78, 5) is 26.1. The lowest BCUT2D eigenvalue weighted by molar-refractivity contribution is -0.135. The van der Waals surface area contributed by atoms with Crippen LogP contribution < -0.4 is 10.6 Å². The number of carbonyl (C=O) groups excluding carboxylic acids is 2. The number of nitrogens with zero attached hydrogens (tertiary/aromatic N) is 1. The van der Waals surface area contributed by atoms with Crippen LogP contribution in [0, 0.1) is 0 Å². The predicted octanol–water partition coefficient (Wildman–Crippen LogP) is 0.0660. The van der Waals surface area contributed by atoms with Gasteiger partial charge in [0.25, 0.3) is 0 Å². The number of amides is 2. The van der Waals surface area contributed by atoms with Crippen molar-refractivity contribution in [3.05, 3.63) is 35.4 Å². The van der Waals surface area contributed by atoms with Gasteiger partial charge in [-0.25, -0.2) is 0 Å². The highest BCUT2D eigenvalue weighted by Gasteiger charge is 2.24. The number of benzene rings is 1. The Balaban J connectivity index is 1.42. The summed E-state index contributed by atoms with van der Waals surface area (Å²) in [5, 5.41) is 6.13. The molecule has 0 spiro atoms. The first-order valence-corrected chi connectivity index (χ1v) is 8.17. The maximum absolute atomic E-state index is 12.2. The average molecular weight is 317 g/mol. The van der Waals surface area contributed by atoms with Crippen molar-refractivity contribution < 1.29 is 14.3 Å². The highest BCUT2D eigenvalue weighted by Crippen LogP contribution is 2.16. The molecule has 0 aliphatic carbocycles. The lowest BCUT2D eigenvalue weighted by atomic mass is 9.95. The van der Waals surface area contributed by atoms with Gasteiger partial charge in [-0.15, -0.1) is 0 Å². The van der Waals surface area contributed by atoms with Crippen LogP contribution in [0.15, 0.2) is 24.3 Å². The summed E-state index contributed by atoms with van der Waals surface area (Å²) in [6.45, 7) is 3.59.